The van der Waals surface area contributed by atoms with E-state index in [2.05, 4.69) is 6.92 Å². The first-order chi connectivity index (χ1) is 10.1. The Bertz CT molecular complexity index is 356. The maximum Gasteiger partial charge on any atom is 0.0939 e. The van der Waals surface area contributed by atoms with E-state index in [-0.39, 0.29) is 17.2 Å². The Morgan fingerprint density at radius 3 is 2.71 bits per heavy atom. The molecule has 1 saturated carbocycles. The summed E-state index contributed by atoms with van der Waals surface area (Å²) in [5.74, 6) is 1.21. The van der Waals surface area contributed by atoms with Crippen LogP contribution in [0.15, 0.2) is 0 Å². The van der Waals surface area contributed by atoms with Crippen LogP contribution in [0, 0.1) is 11.8 Å². The second-order valence-electron chi connectivity index (χ2n) is 7.58. The van der Waals surface area contributed by atoms with Crippen molar-refractivity contribution < 1.29 is 14.2 Å². The average molecular weight is 297 g/mol. The zero-order chi connectivity index (χ0) is 14.9. The fourth-order valence-electron chi connectivity index (χ4n) is 4.83. The van der Waals surface area contributed by atoms with Gasteiger partial charge < -0.3 is 19.9 Å². The molecule has 1 spiro atoms. The molecule has 2 heterocycles. The first kappa shape index (κ1) is 15.7. The topological polar surface area (TPSA) is 53.7 Å². The Labute approximate surface area is 128 Å². The van der Waals surface area contributed by atoms with Crippen LogP contribution in [0.3, 0.4) is 0 Å². The smallest absolute Gasteiger partial charge is 0.0939 e. The van der Waals surface area contributed by atoms with E-state index >= 15 is 0 Å². The zero-order valence-electron chi connectivity index (χ0n) is 13.6. The van der Waals surface area contributed by atoms with Crippen LogP contribution in [0.25, 0.3) is 0 Å². The van der Waals surface area contributed by atoms with E-state index < -0.39 is 0 Å². The molecule has 3 aliphatic rings. The van der Waals surface area contributed by atoms with Crippen molar-refractivity contribution in [3.63, 3.8) is 0 Å². The largest absolute Gasteiger partial charge is 0.378 e. The minimum absolute atomic E-state index is 0.0598. The summed E-state index contributed by atoms with van der Waals surface area (Å²) in [4.78, 5) is 0. The summed E-state index contributed by atoms with van der Waals surface area (Å²) in [7, 11) is 1.85. The monoisotopic (exact) mass is 297 g/mol. The summed E-state index contributed by atoms with van der Waals surface area (Å²) in [6.07, 6.45) is 7.87. The standard InChI is InChI=1S/C17H31NO3/c1-13-4-3-6-17(10-13,19-2)15(18)14-5-8-21-16(11-14)7-9-20-12-16/h13-15H,3-12,18H2,1-2H3. The van der Waals surface area contributed by atoms with Gasteiger partial charge in [-0.2, -0.15) is 0 Å². The van der Waals surface area contributed by atoms with Crippen LogP contribution in [0.4, 0.5) is 0 Å². The Morgan fingerprint density at radius 2 is 2.05 bits per heavy atom. The van der Waals surface area contributed by atoms with E-state index in [9.17, 15) is 0 Å². The zero-order valence-corrected chi connectivity index (χ0v) is 13.6. The number of ether oxygens (including phenoxy) is 3. The van der Waals surface area contributed by atoms with Gasteiger partial charge in [-0.05, 0) is 37.5 Å². The second-order valence-corrected chi connectivity index (χ2v) is 7.58. The number of nitrogens with two attached hydrogens (primary N) is 1. The molecular weight excluding hydrogens is 266 g/mol. The summed E-state index contributed by atoms with van der Waals surface area (Å²) in [6, 6.07) is 0.117. The molecule has 0 amide bonds. The van der Waals surface area contributed by atoms with Crippen LogP contribution in [-0.2, 0) is 14.2 Å². The highest BCUT2D eigenvalue weighted by atomic mass is 16.6. The molecule has 0 aromatic rings. The van der Waals surface area contributed by atoms with E-state index in [0.29, 0.717) is 11.8 Å². The summed E-state index contributed by atoms with van der Waals surface area (Å²) in [5, 5.41) is 0. The van der Waals surface area contributed by atoms with E-state index in [1.54, 1.807) is 0 Å². The molecule has 3 rings (SSSR count). The van der Waals surface area contributed by atoms with Gasteiger partial charge in [0.15, 0.2) is 0 Å². The van der Waals surface area contributed by atoms with Gasteiger partial charge in [0.1, 0.15) is 0 Å². The molecular formula is C17H31NO3. The molecule has 122 valence electrons. The molecule has 21 heavy (non-hydrogen) atoms. The Morgan fingerprint density at radius 1 is 1.19 bits per heavy atom. The number of hydrogen-bond donors (Lipinski definition) is 1. The van der Waals surface area contributed by atoms with Gasteiger partial charge in [-0.25, -0.2) is 0 Å². The highest BCUT2D eigenvalue weighted by Gasteiger charge is 2.48. The molecule has 5 unspecified atom stereocenters. The maximum atomic E-state index is 6.76. The van der Waals surface area contributed by atoms with Crippen LogP contribution in [0.1, 0.15) is 51.9 Å². The van der Waals surface area contributed by atoms with E-state index in [4.69, 9.17) is 19.9 Å². The minimum Gasteiger partial charge on any atom is -0.378 e. The van der Waals surface area contributed by atoms with Gasteiger partial charge in [0.25, 0.3) is 0 Å². The predicted molar refractivity (Wildman–Crippen MR) is 82.2 cm³/mol. The normalized spacial score (nSPS) is 45.9. The summed E-state index contributed by atoms with van der Waals surface area (Å²) in [6.45, 7) is 4.72. The van der Waals surface area contributed by atoms with Gasteiger partial charge in [0.05, 0.1) is 17.8 Å². The lowest BCUT2D eigenvalue weighted by atomic mass is 9.68. The van der Waals surface area contributed by atoms with Gasteiger partial charge in [-0.15, -0.1) is 0 Å². The minimum atomic E-state index is -0.125. The summed E-state index contributed by atoms with van der Waals surface area (Å²) in [5.41, 5.74) is 6.58. The number of methoxy groups -OCH3 is 1. The molecule has 0 radical (unpaired) electrons. The molecule has 2 saturated heterocycles. The second kappa shape index (κ2) is 6.15. The summed E-state index contributed by atoms with van der Waals surface area (Å²) >= 11 is 0. The van der Waals surface area contributed by atoms with Crippen molar-refractivity contribution in [1.82, 2.24) is 0 Å². The molecule has 4 heteroatoms. The SMILES string of the molecule is COC1(C(N)C2CCOC3(CCOC3)C2)CCCC(C)C1. The molecule has 4 nitrogen and oxygen atoms in total. The van der Waals surface area contributed by atoms with Gasteiger partial charge in [-0.1, -0.05) is 19.8 Å². The van der Waals surface area contributed by atoms with Crippen LogP contribution >= 0.6 is 0 Å². The number of hydrogen-bond acceptors (Lipinski definition) is 4. The third-order valence-corrected chi connectivity index (χ3v) is 6.11. The van der Waals surface area contributed by atoms with Crippen LogP contribution in [0.2, 0.25) is 0 Å². The van der Waals surface area contributed by atoms with Gasteiger partial charge in [-0.3, -0.25) is 0 Å². The lowest BCUT2D eigenvalue weighted by Gasteiger charge is -2.48. The third kappa shape index (κ3) is 3.00. The first-order valence-corrected chi connectivity index (χ1v) is 8.62. The quantitative estimate of drug-likeness (QED) is 0.869. The molecule has 5 atom stereocenters. The lowest BCUT2D eigenvalue weighted by molar-refractivity contribution is -0.132. The highest BCUT2D eigenvalue weighted by molar-refractivity contribution is 5.02. The molecule has 2 aliphatic heterocycles. The van der Waals surface area contributed by atoms with Crippen molar-refractivity contribution in [3.05, 3.63) is 0 Å². The van der Waals surface area contributed by atoms with Gasteiger partial charge in [0, 0.05) is 32.8 Å². The predicted octanol–water partition coefficient (Wildman–Crippen LogP) is 2.49. The van der Waals surface area contributed by atoms with E-state index in [0.717, 1.165) is 51.9 Å². The van der Waals surface area contributed by atoms with Crippen molar-refractivity contribution in [1.29, 1.82) is 0 Å². The molecule has 0 bridgehead atoms. The highest BCUT2D eigenvalue weighted by Crippen LogP contribution is 2.44. The lowest BCUT2D eigenvalue weighted by Crippen LogP contribution is -2.58. The van der Waals surface area contributed by atoms with Crippen molar-refractivity contribution >= 4 is 0 Å². The van der Waals surface area contributed by atoms with E-state index in [1.165, 1.54) is 12.8 Å². The van der Waals surface area contributed by atoms with Crippen molar-refractivity contribution in [2.24, 2.45) is 17.6 Å². The maximum absolute atomic E-state index is 6.76. The Kier molecular flexibility index (Phi) is 4.60. The van der Waals surface area contributed by atoms with Crippen molar-refractivity contribution in [3.8, 4) is 0 Å². The third-order valence-electron chi connectivity index (χ3n) is 6.11. The molecule has 0 aromatic heterocycles. The number of rotatable bonds is 3. The van der Waals surface area contributed by atoms with Crippen LogP contribution < -0.4 is 5.73 Å². The average Bonchev–Trinajstić information content (AvgIpc) is 2.94. The molecule has 0 aromatic carbocycles. The molecule has 2 N–H and O–H groups in total. The van der Waals surface area contributed by atoms with Crippen molar-refractivity contribution in [2.75, 3.05) is 26.9 Å². The van der Waals surface area contributed by atoms with Gasteiger partial charge in [0.2, 0.25) is 0 Å². The fourth-order valence-corrected chi connectivity index (χ4v) is 4.83. The van der Waals surface area contributed by atoms with E-state index in [1.807, 2.05) is 7.11 Å². The summed E-state index contributed by atoms with van der Waals surface area (Å²) < 4.78 is 17.7. The molecule has 3 fully saturated rings. The van der Waals surface area contributed by atoms with Crippen LogP contribution in [0.5, 0.6) is 0 Å². The van der Waals surface area contributed by atoms with Crippen LogP contribution in [-0.4, -0.2) is 44.2 Å². The fraction of sp³-hybridized carbons (Fsp3) is 1.00. The van der Waals surface area contributed by atoms with Gasteiger partial charge >= 0.3 is 0 Å². The van der Waals surface area contributed by atoms with Crippen molar-refractivity contribution in [2.45, 2.75) is 69.1 Å². The Hall–Kier alpha value is -0.160. The first-order valence-electron chi connectivity index (χ1n) is 8.62. The Balaban J connectivity index is 1.72. The molecule has 1 aliphatic carbocycles.